The Balaban J connectivity index is 2.45. The second-order valence-electron chi connectivity index (χ2n) is 4.66. The molecule has 1 aromatic rings. The van der Waals surface area contributed by atoms with E-state index < -0.39 is 0 Å². The van der Waals surface area contributed by atoms with E-state index in [1.807, 2.05) is 0 Å². The van der Waals surface area contributed by atoms with Crippen LogP contribution in [0, 0.1) is 0 Å². The maximum atomic E-state index is 11.8. The van der Waals surface area contributed by atoms with Crippen LogP contribution < -0.4 is 10.2 Å². The summed E-state index contributed by atoms with van der Waals surface area (Å²) in [6.45, 7) is 0.516. The van der Waals surface area contributed by atoms with Gasteiger partial charge in [-0.05, 0) is 18.2 Å². The van der Waals surface area contributed by atoms with Crippen molar-refractivity contribution in [3.63, 3.8) is 0 Å². The molecule has 0 heterocycles. The van der Waals surface area contributed by atoms with Crippen LogP contribution in [0.5, 0.6) is 0 Å². The average Bonchev–Trinajstić information content (AvgIpc) is 2.27. The van der Waals surface area contributed by atoms with Crippen LogP contribution in [0.25, 0.3) is 0 Å². The fraction of sp³-hybridized carbons (Fsp3) is 0.385. The smallest absolute Gasteiger partial charge is 0.279 e. The molecule has 5 nitrogen and oxygen atoms in total. The molecular formula is C13H19ClN3O2+. The Hall–Kier alpha value is -1.59. The lowest BCUT2D eigenvalue weighted by Gasteiger charge is -2.16. The van der Waals surface area contributed by atoms with Gasteiger partial charge in [-0.1, -0.05) is 17.7 Å². The highest BCUT2D eigenvalue weighted by Gasteiger charge is 2.15. The van der Waals surface area contributed by atoms with E-state index in [1.54, 1.807) is 45.4 Å². The van der Waals surface area contributed by atoms with Crippen molar-refractivity contribution in [3.8, 4) is 0 Å². The number of likely N-dealkylation sites (N-methyl/N-ethyl adjacent to an activating group) is 2. The topological polar surface area (TPSA) is 53.9 Å². The first-order valence-electron chi connectivity index (χ1n) is 5.95. The molecule has 0 spiro atoms. The van der Waals surface area contributed by atoms with Crippen LogP contribution in [0.15, 0.2) is 24.3 Å². The number of anilines is 1. The lowest BCUT2D eigenvalue weighted by Crippen LogP contribution is -3.11. The van der Waals surface area contributed by atoms with Gasteiger partial charge in [-0.2, -0.15) is 0 Å². The number of nitrogens with one attached hydrogen (secondary N) is 2. The number of amides is 2. The summed E-state index contributed by atoms with van der Waals surface area (Å²) in [6.07, 6.45) is 0. The van der Waals surface area contributed by atoms with Gasteiger partial charge in [0.1, 0.15) is 0 Å². The number of benzene rings is 1. The van der Waals surface area contributed by atoms with Crippen LogP contribution in [0.3, 0.4) is 0 Å². The third kappa shape index (κ3) is 5.72. The zero-order chi connectivity index (χ0) is 14.4. The molecule has 0 bridgehead atoms. The molecule has 0 radical (unpaired) electrons. The minimum absolute atomic E-state index is 0.00643. The molecule has 1 unspecified atom stereocenters. The van der Waals surface area contributed by atoms with Crippen molar-refractivity contribution in [2.45, 2.75) is 0 Å². The second kappa shape index (κ2) is 7.11. The highest BCUT2D eigenvalue weighted by Crippen LogP contribution is 2.14. The van der Waals surface area contributed by atoms with Crippen LogP contribution >= 0.6 is 11.6 Å². The van der Waals surface area contributed by atoms with Gasteiger partial charge < -0.3 is 15.1 Å². The average molecular weight is 285 g/mol. The van der Waals surface area contributed by atoms with Crippen molar-refractivity contribution in [1.29, 1.82) is 0 Å². The Morgan fingerprint density at radius 1 is 1.32 bits per heavy atom. The summed E-state index contributed by atoms with van der Waals surface area (Å²) in [7, 11) is 5.20. The summed E-state index contributed by atoms with van der Waals surface area (Å²) in [6, 6.07) is 6.96. The lowest BCUT2D eigenvalue weighted by atomic mass is 10.3. The molecule has 0 aliphatic heterocycles. The van der Waals surface area contributed by atoms with Crippen molar-refractivity contribution >= 4 is 29.1 Å². The maximum Gasteiger partial charge on any atom is 0.279 e. The van der Waals surface area contributed by atoms with Crippen molar-refractivity contribution < 1.29 is 14.5 Å². The van der Waals surface area contributed by atoms with E-state index >= 15 is 0 Å². The molecule has 0 fully saturated rings. The zero-order valence-electron chi connectivity index (χ0n) is 11.4. The van der Waals surface area contributed by atoms with E-state index in [4.69, 9.17) is 11.6 Å². The Bertz CT molecular complexity index is 463. The SMILES string of the molecule is CN(C)C(=O)C[NH+](C)CC(=O)Nc1cccc(Cl)c1. The normalized spacial score (nSPS) is 11.8. The Morgan fingerprint density at radius 3 is 2.58 bits per heavy atom. The lowest BCUT2D eigenvalue weighted by molar-refractivity contribution is -0.862. The van der Waals surface area contributed by atoms with Gasteiger partial charge in [0.2, 0.25) is 0 Å². The molecule has 19 heavy (non-hydrogen) atoms. The highest BCUT2D eigenvalue weighted by atomic mass is 35.5. The number of quaternary nitrogens is 1. The third-order valence-electron chi connectivity index (χ3n) is 2.52. The van der Waals surface area contributed by atoms with E-state index in [0.717, 1.165) is 4.90 Å². The Labute approximate surface area is 118 Å². The maximum absolute atomic E-state index is 11.8. The van der Waals surface area contributed by atoms with Gasteiger partial charge in [0, 0.05) is 24.8 Å². The molecule has 0 saturated heterocycles. The minimum atomic E-state index is -0.147. The van der Waals surface area contributed by atoms with Crippen molar-refractivity contribution in [3.05, 3.63) is 29.3 Å². The third-order valence-corrected chi connectivity index (χ3v) is 2.76. The molecule has 104 valence electrons. The number of nitrogens with zero attached hydrogens (tertiary/aromatic N) is 1. The predicted octanol–water partition coefficient (Wildman–Crippen LogP) is -0.119. The highest BCUT2D eigenvalue weighted by molar-refractivity contribution is 6.30. The summed E-state index contributed by atoms with van der Waals surface area (Å²) in [5.41, 5.74) is 0.657. The summed E-state index contributed by atoms with van der Waals surface area (Å²) in [5, 5.41) is 3.32. The monoisotopic (exact) mass is 284 g/mol. The first kappa shape index (κ1) is 15.5. The standard InChI is InChI=1S/C13H18ClN3O2/c1-16(2)13(19)9-17(3)8-12(18)15-11-6-4-5-10(14)7-11/h4-7H,8-9H2,1-3H3,(H,15,18)/p+1. The molecule has 0 aliphatic rings. The number of halogens is 1. The second-order valence-corrected chi connectivity index (χ2v) is 5.09. The van der Waals surface area contributed by atoms with E-state index in [1.165, 1.54) is 4.90 Å². The van der Waals surface area contributed by atoms with Gasteiger partial charge in [0.15, 0.2) is 13.1 Å². The van der Waals surface area contributed by atoms with Crippen molar-refractivity contribution in [1.82, 2.24) is 4.90 Å². The molecule has 1 aromatic carbocycles. The van der Waals surface area contributed by atoms with Gasteiger partial charge in [-0.15, -0.1) is 0 Å². The molecule has 1 atom stereocenters. The van der Waals surface area contributed by atoms with Crippen LogP contribution in [0.1, 0.15) is 0 Å². The first-order valence-corrected chi connectivity index (χ1v) is 6.33. The molecule has 2 N–H and O–H groups in total. The van der Waals surface area contributed by atoms with Crippen LogP contribution in [0.4, 0.5) is 5.69 Å². The Kier molecular flexibility index (Phi) is 5.79. The fourth-order valence-electron chi connectivity index (χ4n) is 1.52. The van der Waals surface area contributed by atoms with Crippen LogP contribution in [-0.4, -0.2) is 50.9 Å². The summed E-state index contributed by atoms with van der Waals surface area (Å²) in [4.78, 5) is 25.6. The van der Waals surface area contributed by atoms with E-state index in [-0.39, 0.29) is 24.9 Å². The largest absolute Gasteiger partial charge is 0.344 e. The summed E-state index contributed by atoms with van der Waals surface area (Å²) >= 11 is 5.83. The van der Waals surface area contributed by atoms with Crippen molar-refractivity contribution in [2.24, 2.45) is 0 Å². The van der Waals surface area contributed by atoms with Crippen LogP contribution in [0.2, 0.25) is 5.02 Å². The Morgan fingerprint density at radius 2 is 2.00 bits per heavy atom. The minimum Gasteiger partial charge on any atom is -0.344 e. The van der Waals surface area contributed by atoms with Gasteiger partial charge in [-0.25, -0.2) is 0 Å². The van der Waals surface area contributed by atoms with Gasteiger partial charge in [0.05, 0.1) is 7.05 Å². The van der Waals surface area contributed by atoms with E-state index in [9.17, 15) is 9.59 Å². The number of hydrogen-bond acceptors (Lipinski definition) is 2. The number of carbonyl (C=O) groups is 2. The van der Waals surface area contributed by atoms with Crippen LogP contribution in [-0.2, 0) is 9.59 Å². The fourth-order valence-corrected chi connectivity index (χ4v) is 1.71. The summed E-state index contributed by atoms with van der Waals surface area (Å²) < 4.78 is 0. The molecule has 1 rings (SSSR count). The van der Waals surface area contributed by atoms with E-state index in [2.05, 4.69) is 5.32 Å². The first-order chi connectivity index (χ1) is 8.88. The molecular weight excluding hydrogens is 266 g/mol. The van der Waals surface area contributed by atoms with Gasteiger partial charge in [-0.3, -0.25) is 9.59 Å². The molecule has 2 amide bonds. The van der Waals surface area contributed by atoms with Gasteiger partial charge in [0.25, 0.3) is 11.8 Å². The van der Waals surface area contributed by atoms with Crippen molar-refractivity contribution in [2.75, 3.05) is 39.5 Å². The molecule has 0 aromatic heterocycles. The van der Waals surface area contributed by atoms with Gasteiger partial charge >= 0.3 is 0 Å². The predicted molar refractivity (Wildman–Crippen MR) is 75.4 cm³/mol. The number of carbonyl (C=O) groups excluding carboxylic acids is 2. The summed E-state index contributed by atoms with van der Waals surface area (Å²) in [5.74, 6) is -0.153. The quantitative estimate of drug-likeness (QED) is 0.792. The molecule has 6 heteroatoms. The molecule has 0 aliphatic carbocycles. The molecule has 0 saturated carbocycles. The number of hydrogen-bond donors (Lipinski definition) is 2. The number of rotatable bonds is 5. The van der Waals surface area contributed by atoms with E-state index in [0.29, 0.717) is 10.7 Å². The zero-order valence-corrected chi connectivity index (χ0v) is 12.1.